The van der Waals surface area contributed by atoms with Crippen LogP contribution in [0.4, 0.5) is 5.69 Å². The van der Waals surface area contributed by atoms with E-state index in [9.17, 15) is 9.36 Å². The number of nitrogens with one attached hydrogen (secondary N) is 1. The molecule has 0 aliphatic rings. The molecule has 8 heteroatoms. The van der Waals surface area contributed by atoms with Crippen LogP contribution in [-0.4, -0.2) is 29.1 Å². The van der Waals surface area contributed by atoms with Gasteiger partial charge < -0.3 is 14.4 Å². The number of pyridine rings is 2. The van der Waals surface area contributed by atoms with E-state index in [0.717, 1.165) is 32.8 Å². The maximum absolute atomic E-state index is 12.9. The lowest BCUT2D eigenvalue weighted by atomic mass is 9.95. The summed E-state index contributed by atoms with van der Waals surface area (Å²) >= 11 is 0. The molecule has 5 rings (SSSR count). The highest BCUT2D eigenvalue weighted by Gasteiger charge is 2.19. The van der Waals surface area contributed by atoms with Crippen LogP contribution in [0.1, 0.15) is 29.9 Å². The highest BCUT2D eigenvalue weighted by Crippen LogP contribution is 2.50. The van der Waals surface area contributed by atoms with Gasteiger partial charge in [0, 0.05) is 34.8 Å². The van der Waals surface area contributed by atoms with Gasteiger partial charge in [-0.15, -0.1) is 0 Å². The Morgan fingerprint density at radius 3 is 2.46 bits per heavy atom. The van der Waals surface area contributed by atoms with Crippen LogP contribution in [0.25, 0.3) is 38.9 Å². The van der Waals surface area contributed by atoms with Crippen molar-refractivity contribution in [3.8, 4) is 11.1 Å². The summed E-state index contributed by atoms with van der Waals surface area (Å²) in [6.07, 6.45) is 4.83. The Hall–Kier alpha value is -4.16. The minimum absolute atomic E-state index is 0.249. The number of rotatable bonds is 9. The number of carbonyl (C=O) groups excluding carboxylic acids is 1. The molecule has 196 valence electrons. The monoisotopic (exact) mass is 537 g/mol. The Kier molecular flexibility index (Phi) is 7.94. The molecular formula is C31H28N3O4P. The molecule has 0 aliphatic heterocycles. The topological polar surface area (TPSA) is 90.4 Å². The lowest BCUT2D eigenvalue weighted by Gasteiger charge is -2.14. The van der Waals surface area contributed by atoms with Crippen LogP contribution in [0.15, 0.2) is 97.1 Å². The maximum atomic E-state index is 12.9. The van der Waals surface area contributed by atoms with Crippen molar-refractivity contribution in [1.82, 2.24) is 9.97 Å². The lowest BCUT2D eigenvalue weighted by Crippen LogP contribution is -2.12. The predicted octanol–water partition coefficient (Wildman–Crippen LogP) is 7.94. The quantitative estimate of drug-likeness (QED) is 0.192. The molecule has 3 aromatic carbocycles. The van der Waals surface area contributed by atoms with E-state index in [1.807, 2.05) is 48.5 Å². The van der Waals surface area contributed by atoms with Crippen LogP contribution in [0.5, 0.6) is 0 Å². The fourth-order valence-corrected chi connectivity index (χ4v) is 5.73. The first kappa shape index (κ1) is 26.4. The van der Waals surface area contributed by atoms with Gasteiger partial charge in [0.05, 0.1) is 30.0 Å². The molecule has 0 spiro atoms. The molecule has 1 N–H and O–H groups in total. The SMILES string of the molecule is CCOP(=O)(/C=C/c1ccc2cc(NC(=O)c3cccnc3)cc(-c3cccc4ccccc34)c2n1)OCC. The van der Waals surface area contributed by atoms with Crippen LogP contribution >= 0.6 is 7.60 Å². The van der Waals surface area contributed by atoms with Crippen molar-refractivity contribution in [2.75, 3.05) is 18.5 Å². The third-order valence-electron chi connectivity index (χ3n) is 6.12. The Morgan fingerprint density at radius 1 is 0.897 bits per heavy atom. The maximum Gasteiger partial charge on any atom is 0.354 e. The fraction of sp³-hybridized carbons (Fsp3) is 0.129. The molecule has 0 fully saturated rings. The predicted molar refractivity (Wildman–Crippen MR) is 157 cm³/mol. The van der Waals surface area contributed by atoms with Gasteiger partial charge in [0.25, 0.3) is 5.91 Å². The van der Waals surface area contributed by atoms with Gasteiger partial charge in [0.1, 0.15) is 0 Å². The summed E-state index contributed by atoms with van der Waals surface area (Å²) in [5.74, 6) is 1.20. The minimum Gasteiger partial charge on any atom is -0.322 e. The molecule has 2 aromatic heterocycles. The van der Waals surface area contributed by atoms with E-state index in [4.69, 9.17) is 14.0 Å². The second-order valence-corrected chi connectivity index (χ2v) is 10.6. The molecule has 7 nitrogen and oxygen atoms in total. The van der Waals surface area contributed by atoms with Gasteiger partial charge in [0.2, 0.25) is 0 Å². The van der Waals surface area contributed by atoms with Crippen LogP contribution in [0.2, 0.25) is 0 Å². The summed E-state index contributed by atoms with van der Waals surface area (Å²) in [5, 5.41) is 6.01. The largest absolute Gasteiger partial charge is 0.354 e. The normalized spacial score (nSPS) is 11.8. The molecule has 0 bridgehead atoms. The molecule has 0 saturated heterocycles. The Morgan fingerprint density at radius 2 is 1.69 bits per heavy atom. The average Bonchev–Trinajstić information content (AvgIpc) is 2.96. The number of aromatic nitrogens is 2. The first-order valence-corrected chi connectivity index (χ1v) is 14.3. The molecule has 0 saturated carbocycles. The summed E-state index contributed by atoms with van der Waals surface area (Å²) < 4.78 is 23.7. The number of hydrogen-bond donors (Lipinski definition) is 1. The third-order valence-corrected chi connectivity index (χ3v) is 7.87. The molecule has 0 radical (unpaired) electrons. The number of amides is 1. The third kappa shape index (κ3) is 5.96. The van der Waals surface area contributed by atoms with E-state index >= 15 is 0 Å². The van der Waals surface area contributed by atoms with Crippen molar-refractivity contribution in [2.45, 2.75) is 13.8 Å². The fourth-order valence-electron chi connectivity index (χ4n) is 4.43. The van der Waals surface area contributed by atoms with Gasteiger partial charge in [-0.2, -0.15) is 0 Å². The minimum atomic E-state index is -3.37. The van der Waals surface area contributed by atoms with Crippen LogP contribution in [0.3, 0.4) is 0 Å². The van der Waals surface area contributed by atoms with Gasteiger partial charge in [-0.25, -0.2) is 4.98 Å². The van der Waals surface area contributed by atoms with Crippen LogP contribution in [-0.2, 0) is 13.6 Å². The van der Waals surface area contributed by atoms with E-state index in [0.29, 0.717) is 16.9 Å². The van der Waals surface area contributed by atoms with Gasteiger partial charge in [-0.05, 0) is 66.6 Å². The van der Waals surface area contributed by atoms with E-state index < -0.39 is 7.60 Å². The zero-order valence-corrected chi connectivity index (χ0v) is 22.6. The first-order valence-electron chi connectivity index (χ1n) is 12.7. The van der Waals surface area contributed by atoms with E-state index in [1.165, 1.54) is 12.0 Å². The smallest absolute Gasteiger partial charge is 0.322 e. The average molecular weight is 538 g/mol. The molecule has 5 aromatic rings. The second kappa shape index (κ2) is 11.7. The lowest BCUT2D eigenvalue weighted by molar-refractivity contribution is 0.102. The summed E-state index contributed by atoms with van der Waals surface area (Å²) in [5.41, 5.74) is 4.31. The van der Waals surface area contributed by atoms with E-state index in [1.54, 1.807) is 38.3 Å². The molecule has 39 heavy (non-hydrogen) atoms. The van der Waals surface area contributed by atoms with E-state index in [2.05, 4.69) is 28.5 Å². The van der Waals surface area contributed by atoms with Crippen molar-refractivity contribution in [3.63, 3.8) is 0 Å². The Balaban J connectivity index is 1.64. The van der Waals surface area contributed by atoms with Gasteiger partial charge in [-0.1, -0.05) is 48.5 Å². The summed E-state index contributed by atoms with van der Waals surface area (Å²) in [7, 11) is -3.37. The second-order valence-electron chi connectivity index (χ2n) is 8.75. The number of benzene rings is 3. The Bertz CT molecular complexity index is 1700. The number of nitrogens with zero attached hydrogens (tertiary/aromatic N) is 2. The van der Waals surface area contributed by atoms with Gasteiger partial charge in [0.15, 0.2) is 0 Å². The Labute approximate surface area is 227 Å². The molecule has 2 heterocycles. The van der Waals surface area contributed by atoms with Crippen molar-refractivity contribution >= 4 is 46.9 Å². The van der Waals surface area contributed by atoms with Crippen LogP contribution in [0, 0.1) is 0 Å². The first-order chi connectivity index (χ1) is 19.0. The molecule has 0 aliphatic carbocycles. The standard InChI is InChI=1S/C31H28N3O4P/c1-3-37-39(36,38-4-2)18-16-25-15-14-23-19-26(34-31(35)24-11-8-17-32-21-24)20-29(30(23)33-25)28-13-7-10-22-9-5-6-12-27(22)28/h5-21H,3-4H2,1-2H3,(H,34,35)/b18-16+. The van der Waals surface area contributed by atoms with Crippen molar-refractivity contribution in [2.24, 2.45) is 0 Å². The number of anilines is 1. The zero-order chi connectivity index (χ0) is 27.2. The highest BCUT2D eigenvalue weighted by molar-refractivity contribution is 7.57. The van der Waals surface area contributed by atoms with Crippen molar-refractivity contribution < 1.29 is 18.4 Å². The summed E-state index contributed by atoms with van der Waals surface area (Å²) in [4.78, 5) is 21.9. The van der Waals surface area contributed by atoms with Crippen LogP contribution < -0.4 is 5.32 Å². The van der Waals surface area contributed by atoms with Crippen molar-refractivity contribution in [1.29, 1.82) is 0 Å². The summed E-state index contributed by atoms with van der Waals surface area (Å²) in [6, 6.07) is 25.3. The molecule has 0 atom stereocenters. The summed E-state index contributed by atoms with van der Waals surface area (Å²) in [6.45, 7) is 4.08. The number of fused-ring (bicyclic) bond motifs is 2. The van der Waals surface area contributed by atoms with Gasteiger partial charge in [-0.3, -0.25) is 14.3 Å². The molecule has 0 unspecified atom stereocenters. The van der Waals surface area contributed by atoms with Gasteiger partial charge >= 0.3 is 7.60 Å². The molecular weight excluding hydrogens is 509 g/mol. The highest BCUT2D eigenvalue weighted by atomic mass is 31.2. The number of hydrogen-bond acceptors (Lipinski definition) is 6. The number of carbonyl (C=O) groups is 1. The van der Waals surface area contributed by atoms with Crippen molar-refractivity contribution in [3.05, 3.63) is 108 Å². The molecule has 1 amide bonds. The van der Waals surface area contributed by atoms with E-state index in [-0.39, 0.29) is 19.1 Å². The zero-order valence-electron chi connectivity index (χ0n) is 21.7.